The van der Waals surface area contributed by atoms with Crippen molar-refractivity contribution in [2.24, 2.45) is 11.8 Å². The molecule has 0 aliphatic carbocycles. The lowest BCUT2D eigenvalue weighted by Crippen LogP contribution is -2.32. The van der Waals surface area contributed by atoms with E-state index in [1.807, 2.05) is 18.7 Å². The van der Waals surface area contributed by atoms with E-state index in [0.29, 0.717) is 29.6 Å². The molecule has 2 heterocycles. The van der Waals surface area contributed by atoms with Gasteiger partial charge in [-0.1, -0.05) is 19.0 Å². The van der Waals surface area contributed by atoms with Crippen LogP contribution >= 0.6 is 0 Å². The Balaban J connectivity index is 1.62. The zero-order valence-corrected chi connectivity index (χ0v) is 13.3. The molecule has 1 amide bonds. The van der Waals surface area contributed by atoms with Crippen LogP contribution < -0.4 is 0 Å². The Labute approximate surface area is 134 Å². The first-order valence-corrected chi connectivity index (χ1v) is 7.90. The highest BCUT2D eigenvalue weighted by molar-refractivity contribution is 5.78. The van der Waals surface area contributed by atoms with Gasteiger partial charge in [0.05, 0.1) is 0 Å². The van der Waals surface area contributed by atoms with Gasteiger partial charge in [0.25, 0.3) is 5.89 Å². The maximum atomic E-state index is 12.9. The molecule has 1 aromatic heterocycles. The van der Waals surface area contributed by atoms with Crippen molar-refractivity contribution >= 4 is 5.91 Å². The lowest BCUT2D eigenvalue weighted by molar-refractivity contribution is -0.133. The second kappa shape index (κ2) is 6.48. The molecule has 5 nitrogen and oxygen atoms in total. The van der Waals surface area contributed by atoms with Crippen LogP contribution in [-0.4, -0.2) is 34.0 Å². The standard InChI is InChI=1S/C17H20FN3O2/c1-11(2)17(22)21-8-7-12(10-21)9-15-19-16(23-20-15)13-3-5-14(18)6-4-13/h3-6,11-12H,7-10H2,1-2H3. The number of hydrogen-bond acceptors (Lipinski definition) is 4. The Morgan fingerprint density at radius 2 is 2.13 bits per heavy atom. The minimum Gasteiger partial charge on any atom is -0.342 e. The van der Waals surface area contributed by atoms with Crippen LogP contribution in [0.25, 0.3) is 11.5 Å². The summed E-state index contributed by atoms with van der Waals surface area (Å²) in [5.74, 6) is 1.32. The van der Waals surface area contributed by atoms with Crippen LogP contribution in [0.15, 0.2) is 28.8 Å². The van der Waals surface area contributed by atoms with E-state index in [0.717, 1.165) is 19.5 Å². The van der Waals surface area contributed by atoms with Crippen LogP contribution in [0.2, 0.25) is 0 Å². The molecular formula is C17H20FN3O2. The predicted octanol–water partition coefficient (Wildman–Crippen LogP) is 2.92. The van der Waals surface area contributed by atoms with E-state index in [-0.39, 0.29) is 17.6 Å². The van der Waals surface area contributed by atoms with Crippen LogP contribution in [0.1, 0.15) is 26.1 Å². The molecule has 0 saturated carbocycles. The second-order valence-corrected chi connectivity index (χ2v) is 6.32. The Morgan fingerprint density at radius 1 is 1.39 bits per heavy atom. The zero-order chi connectivity index (χ0) is 16.4. The molecule has 1 atom stereocenters. The molecule has 1 aromatic carbocycles. The lowest BCUT2D eigenvalue weighted by Gasteiger charge is -2.18. The lowest BCUT2D eigenvalue weighted by atomic mass is 10.0. The third kappa shape index (κ3) is 3.57. The molecule has 3 rings (SSSR count). The van der Waals surface area contributed by atoms with Gasteiger partial charge in [-0.2, -0.15) is 4.98 Å². The minimum absolute atomic E-state index is 0.0315. The van der Waals surface area contributed by atoms with Crippen molar-refractivity contribution in [3.8, 4) is 11.5 Å². The molecular weight excluding hydrogens is 297 g/mol. The number of rotatable bonds is 4. The molecule has 0 N–H and O–H groups in total. The molecule has 1 saturated heterocycles. The molecule has 0 bridgehead atoms. The van der Waals surface area contributed by atoms with Crippen molar-refractivity contribution in [2.75, 3.05) is 13.1 Å². The fourth-order valence-electron chi connectivity index (χ4n) is 2.87. The number of hydrogen-bond donors (Lipinski definition) is 0. The van der Waals surface area contributed by atoms with Gasteiger partial charge in [0.1, 0.15) is 5.82 Å². The van der Waals surface area contributed by atoms with Gasteiger partial charge in [-0.3, -0.25) is 4.79 Å². The van der Waals surface area contributed by atoms with Crippen LogP contribution in [0, 0.1) is 17.7 Å². The molecule has 6 heteroatoms. The predicted molar refractivity (Wildman–Crippen MR) is 82.9 cm³/mol. The third-order valence-electron chi connectivity index (χ3n) is 4.12. The number of likely N-dealkylation sites (tertiary alicyclic amines) is 1. The highest BCUT2D eigenvalue weighted by Gasteiger charge is 2.28. The minimum atomic E-state index is -0.297. The van der Waals surface area contributed by atoms with E-state index in [4.69, 9.17) is 4.52 Å². The van der Waals surface area contributed by atoms with Crippen LogP contribution in [-0.2, 0) is 11.2 Å². The molecule has 23 heavy (non-hydrogen) atoms. The van der Waals surface area contributed by atoms with Crippen molar-refractivity contribution in [3.63, 3.8) is 0 Å². The SMILES string of the molecule is CC(C)C(=O)N1CCC(Cc2noc(-c3ccc(F)cc3)n2)C1. The van der Waals surface area contributed by atoms with Gasteiger partial charge in [0.15, 0.2) is 5.82 Å². The van der Waals surface area contributed by atoms with Crippen molar-refractivity contribution in [2.45, 2.75) is 26.7 Å². The first kappa shape index (κ1) is 15.6. The Morgan fingerprint density at radius 3 is 2.83 bits per heavy atom. The van der Waals surface area contributed by atoms with Gasteiger partial charge in [0, 0.05) is 31.0 Å². The summed E-state index contributed by atoms with van der Waals surface area (Å²) < 4.78 is 18.2. The highest BCUT2D eigenvalue weighted by Crippen LogP contribution is 2.23. The number of halogens is 1. The van der Waals surface area contributed by atoms with Crippen molar-refractivity contribution in [3.05, 3.63) is 35.9 Å². The highest BCUT2D eigenvalue weighted by atomic mass is 19.1. The zero-order valence-electron chi connectivity index (χ0n) is 13.3. The second-order valence-electron chi connectivity index (χ2n) is 6.32. The van der Waals surface area contributed by atoms with Crippen molar-refractivity contribution in [1.29, 1.82) is 0 Å². The number of nitrogens with zero attached hydrogens (tertiary/aromatic N) is 3. The van der Waals surface area contributed by atoms with E-state index in [9.17, 15) is 9.18 Å². The van der Waals surface area contributed by atoms with E-state index in [2.05, 4.69) is 10.1 Å². The molecule has 1 unspecified atom stereocenters. The summed E-state index contributed by atoms with van der Waals surface area (Å²) in [7, 11) is 0. The fourth-order valence-corrected chi connectivity index (χ4v) is 2.87. The van der Waals surface area contributed by atoms with Crippen LogP contribution in [0.3, 0.4) is 0 Å². The van der Waals surface area contributed by atoms with E-state index < -0.39 is 0 Å². The fraction of sp³-hybridized carbons (Fsp3) is 0.471. The Bertz CT molecular complexity index is 681. The number of amides is 1. The number of benzene rings is 1. The normalized spacial score (nSPS) is 17.9. The average Bonchev–Trinajstić information content (AvgIpc) is 3.17. The number of carbonyl (C=O) groups excluding carboxylic acids is 1. The maximum Gasteiger partial charge on any atom is 0.257 e. The monoisotopic (exact) mass is 317 g/mol. The first-order chi connectivity index (χ1) is 11.0. The van der Waals surface area contributed by atoms with Crippen LogP contribution in [0.5, 0.6) is 0 Å². The van der Waals surface area contributed by atoms with Crippen molar-refractivity contribution in [1.82, 2.24) is 15.0 Å². The summed E-state index contributed by atoms with van der Waals surface area (Å²) in [6, 6.07) is 5.97. The number of aromatic nitrogens is 2. The van der Waals surface area contributed by atoms with Crippen LogP contribution in [0.4, 0.5) is 4.39 Å². The van der Waals surface area contributed by atoms with Gasteiger partial charge in [0.2, 0.25) is 5.91 Å². The summed E-state index contributed by atoms with van der Waals surface area (Å²) >= 11 is 0. The third-order valence-corrected chi connectivity index (χ3v) is 4.12. The molecule has 122 valence electrons. The van der Waals surface area contributed by atoms with Gasteiger partial charge in [-0.15, -0.1) is 0 Å². The molecule has 1 aliphatic rings. The molecule has 2 aromatic rings. The number of carbonyl (C=O) groups is 1. The maximum absolute atomic E-state index is 12.9. The summed E-state index contributed by atoms with van der Waals surface area (Å²) in [6.07, 6.45) is 1.64. The van der Waals surface area contributed by atoms with Gasteiger partial charge < -0.3 is 9.42 Å². The van der Waals surface area contributed by atoms with Gasteiger partial charge >= 0.3 is 0 Å². The van der Waals surface area contributed by atoms with Crippen molar-refractivity contribution < 1.29 is 13.7 Å². The molecule has 1 aliphatic heterocycles. The van der Waals surface area contributed by atoms with E-state index in [1.165, 1.54) is 12.1 Å². The summed E-state index contributed by atoms with van der Waals surface area (Å²) in [5, 5.41) is 4.00. The Hall–Kier alpha value is -2.24. The first-order valence-electron chi connectivity index (χ1n) is 7.90. The smallest absolute Gasteiger partial charge is 0.257 e. The topological polar surface area (TPSA) is 59.2 Å². The van der Waals surface area contributed by atoms with Gasteiger partial charge in [-0.25, -0.2) is 4.39 Å². The molecule has 1 fully saturated rings. The molecule has 0 radical (unpaired) electrons. The summed E-state index contributed by atoms with van der Waals surface area (Å²) in [5.41, 5.74) is 0.702. The Kier molecular flexibility index (Phi) is 4.41. The largest absolute Gasteiger partial charge is 0.342 e. The van der Waals surface area contributed by atoms with E-state index >= 15 is 0 Å². The van der Waals surface area contributed by atoms with Gasteiger partial charge in [-0.05, 0) is 36.6 Å². The summed E-state index contributed by atoms with van der Waals surface area (Å²) in [6.45, 7) is 5.38. The average molecular weight is 317 g/mol. The van der Waals surface area contributed by atoms with E-state index in [1.54, 1.807) is 12.1 Å². The summed E-state index contributed by atoms with van der Waals surface area (Å²) in [4.78, 5) is 18.3. The molecule has 0 spiro atoms. The quantitative estimate of drug-likeness (QED) is 0.870.